The number of halogens is 1. The lowest BCUT2D eigenvalue weighted by atomic mass is 9.81. The Labute approximate surface area is 112 Å². The predicted molar refractivity (Wildman–Crippen MR) is 70.4 cm³/mol. The summed E-state index contributed by atoms with van der Waals surface area (Å²) in [6.07, 6.45) is 0.664. The Balaban J connectivity index is 2.17. The molecule has 1 fully saturated rings. The highest BCUT2D eigenvalue weighted by molar-refractivity contribution is 5.98. The van der Waals surface area contributed by atoms with Crippen LogP contribution in [0, 0.1) is 18.2 Å². The summed E-state index contributed by atoms with van der Waals surface area (Å²) in [6.45, 7) is 6.13. The Morgan fingerprint density at radius 2 is 2.05 bits per heavy atom. The number of hydrogen-bond donors (Lipinski definition) is 0. The zero-order valence-electron chi connectivity index (χ0n) is 11.5. The Kier molecular flexibility index (Phi) is 3.43. The van der Waals surface area contributed by atoms with E-state index in [-0.39, 0.29) is 29.5 Å². The van der Waals surface area contributed by atoms with Gasteiger partial charge in [-0.25, -0.2) is 4.39 Å². The van der Waals surface area contributed by atoms with Gasteiger partial charge in [0.15, 0.2) is 5.78 Å². The van der Waals surface area contributed by atoms with E-state index in [0.717, 1.165) is 0 Å². The lowest BCUT2D eigenvalue weighted by Crippen LogP contribution is -2.47. The van der Waals surface area contributed by atoms with Gasteiger partial charge in [-0.2, -0.15) is 0 Å². The molecule has 0 aromatic heterocycles. The van der Waals surface area contributed by atoms with E-state index < -0.39 is 0 Å². The second-order valence-electron chi connectivity index (χ2n) is 5.75. The minimum absolute atomic E-state index is 0.0749. The minimum atomic E-state index is -0.352. The number of likely N-dealkylation sites (tertiary alicyclic amines) is 1. The summed E-state index contributed by atoms with van der Waals surface area (Å²) in [5, 5.41) is 0. The number of amides is 1. The van der Waals surface area contributed by atoms with Gasteiger partial charge in [0.05, 0.1) is 6.54 Å². The van der Waals surface area contributed by atoms with Gasteiger partial charge in [-0.1, -0.05) is 13.8 Å². The Bertz CT molecular complexity index is 537. The number of carbonyl (C=O) groups is 2. The van der Waals surface area contributed by atoms with Crippen LogP contribution in [0.1, 0.15) is 36.2 Å². The molecule has 3 nitrogen and oxygen atoms in total. The molecule has 1 aliphatic heterocycles. The molecular weight excluding hydrogens is 245 g/mol. The Morgan fingerprint density at radius 3 is 2.63 bits per heavy atom. The Hall–Kier alpha value is -1.71. The summed E-state index contributed by atoms with van der Waals surface area (Å²) in [6, 6.07) is 4.29. The third kappa shape index (κ3) is 2.67. The lowest BCUT2D eigenvalue weighted by Gasteiger charge is -2.35. The van der Waals surface area contributed by atoms with Crippen LogP contribution in [0.3, 0.4) is 0 Å². The molecule has 0 bridgehead atoms. The summed E-state index contributed by atoms with van der Waals surface area (Å²) in [7, 11) is 0. The molecule has 2 rings (SSSR count). The molecule has 1 aromatic carbocycles. The van der Waals surface area contributed by atoms with Crippen LogP contribution in [-0.2, 0) is 4.79 Å². The molecule has 4 heteroatoms. The fourth-order valence-corrected chi connectivity index (χ4v) is 2.15. The number of aryl methyl sites for hydroxylation is 1. The topological polar surface area (TPSA) is 37.4 Å². The second kappa shape index (κ2) is 4.76. The standard InChI is InChI=1S/C15H18FNO2/c1-10-8-11(4-5-12(10)16)14(19)17-7-6-15(2,3)13(18)9-17/h4-5,8H,6-7,9H2,1-3H3. The molecule has 1 saturated heterocycles. The van der Waals surface area contributed by atoms with Crippen LogP contribution in [-0.4, -0.2) is 29.7 Å². The first-order valence-electron chi connectivity index (χ1n) is 6.40. The van der Waals surface area contributed by atoms with E-state index in [4.69, 9.17) is 0 Å². The lowest BCUT2D eigenvalue weighted by molar-refractivity contribution is -0.130. The summed E-state index contributed by atoms with van der Waals surface area (Å²) in [5.74, 6) is -0.453. The SMILES string of the molecule is Cc1cc(C(=O)N2CCC(C)(C)C(=O)C2)ccc1F. The van der Waals surface area contributed by atoms with E-state index in [1.807, 2.05) is 13.8 Å². The van der Waals surface area contributed by atoms with Gasteiger partial charge in [-0.3, -0.25) is 9.59 Å². The van der Waals surface area contributed by atoms with E-state index in [0.29, 0.717) is 24.1 Å². The fraction of sp³-hybridized carbons (Fsp3) is 0.467. The van der Waals surface area contributed by atoms with Crippen molar-refractivity contribution in [2.45, 2.75) is 27.2 Å². The van der Waals surface area contributed by atoms with Crippen molar-refractivity contribution in [2.75, 3.05) is 13.1 Å². The largest absolute Gasteiger partial charge is 0.331 e. The summed E-state index contributed by atoms with van der Waals surface area (Å²) < 4.78 is 13.2. The van der Waals surface area contributed by atoms with Crippen molar-refractivity contribution < 1.29 is 14.0 Å². The molecular formula is C15H18FNO2. The molecule has 1 aliphatic rings. The molecule has 19 heavy (non-hydrogen) atoms. The van der Waals surface area contributed by atoms with Crippen molar-refractivity contribution in [3.8, 4) is 0 Å². The average molecular weight is 263 g/mol. The number of rotatable bonds is 1. The highest BCUT2D eigenvalue weighted by atomic mass is 19.1. The molecule has 0 aliphatic carbocycles. The predicted octanol–water partition coefficient (Wildman–Crippen LogP) is 2.58. The van der Waals surface area contributed by atoms with E-state index in [1.54, 1.807) is 11.8 Å². The van der Waals surface area contributed by atoms with Crippen LogP contribution < -0.4 is 0 Å². The molecule has 0 spiro atoms. The Morgan fingerprint density at radius 1 is 1.37 bits per heavy atom. The van der Waals surface area contributed by atoms with E-state index in [1.165, 1.54) is 18.2 Å². The first-order chi connectivity index (χ1) is 8.81. The first-order valence-corrected chi connectivity index (χ1v) is 6.40. The molecule has 0 saturated carbocycles. The van der Waals surface area contributed by atoms with E-state index in [9.17, 15) is 14.0 Å². The number of Topliss-reactive ketones (excluding diaryl/α,β-unsaturated/α-hetero) is 1. The van der Waals surface area contributed by atoms with E-state index in [2.05, 4.69) is 0 Å². The molecule has 0 atom stereocenters. The van der Waals surface area contributed by atoms with Crippen LogP contribution in [0.5, 0.6) is 0 Å². The number of ketones is 1. The van der Waals surface area contributed by atoms with Gasteiger partial charge in [0, 0.05) is 17.5 Å². The van der Waals surface area contributed by atoms with Crippen molar-refractivity contribution in [1.29, 1.82) is 0 Å². The zero-order chi connectivity index (χ0) is 14.2. The van der Waals surface area contributed by atoms with Gasteiger partial charge in [-0.15, -0.1) is 0 Å². The minimum Gasteiger partial charge on any atom is -0.331 e. The van der Waals surface area contributed by atoms with Gasteiger partial charge < -0.3 is 4.90 Å². The third-order valence-electron chi connectivity index (χ3n) is 3.79. The smallest absolute Gasteiger partial charge is 0.254 e. The maximum atomic E-state index is 13.2. The molecule has 0 unspecified atom stereocenters. The van der Waals surface area contributed by atoms with Gasteiger partial charge >= 0.3 is 0 Å². The van der Waals surface area contributed by atoms with Crippen LogP contribution in [0.4, 0.5) is 4.39 Å². The van der Waals surface area contributed by atoms with Gasteiger partial charge in [0.25, 0.3) is 5.91 Å². The number of benzene rings is 1. The average Bonchev–Trinajstić information content (AvgIpc) is 2.35. The van der Waals surface area contributed by atoms with Crippen molar-refractivity contribution in [3.05, 3.63) is 35.1 Å². The molecule has 1 aromatic rings. The highest BCUT2D eigenvalue weighted by Crippen LogP contribution is 2.27. The number of carbonyl (C=O) groups excluding carboxylic acids is 2. The first kappa shape index (κ1) is 13.7. The highest BCUT2D eigenvalue weighted by Gasteiger charge is 2.35. The van der Waals surface area contributed by atoms with Crippen molar-refractivity contribution in [2.24, 2.45) is 5.41 Å². The molecule has 0 radical (unpaired) electrons. The summed E-state index contributed by atoms with van der Waals surface area (Å²) in [5.41, 5.74) is 0.524. The van der Waals surface area contributed by atoms with Crippen molar-refractivity contribution >= 4 is 11.7 Å². The van der Waals surface area contributed by atoms with Crippen LogP contribution in [0.25, 0.3) is 0 Å². The van der Waals surface area contributed by atoms with Gasteiger partial charge in [0.2, 0.25) is 0 Å². The van der Waals surface area contributed by atoms with Crippen molar-refractivity contribution in [3.63, 3.8) is 0 Å². The number of hydrogen-bond acceptors (Lipinski definition) is 2. The monoisotopic (exact) mass is 263 g/mol. The van der Waals surface area contributed by atoms with E-state index >= 15 is 0 Å². The molecule has 0 N–H and O–H groups in total. The van der Waals surface area contributed by atoms with Crippen LogP contribution >= 0.6 is 0 Å². The third-order valence-corrected chi connectivity index (χ3v) is 3.79. The second-order valence-corrected chi connectivity index (χ2v) is 5.75. The van der Waals surface area contributed by atoms with Crippen LogP contribution in [0.15, 0.2) is 18.2 Å². The molecule has 102 valence electrons. The van der Waals surface area contributed by atoms with Gasteiger partial charge in [0.1, 0.15) is 5.82 Å². The zero-order valence-corrected chi connectivity index (χ0v) is 11.5. The number of piperidine rings is 1. The maximum absolute atomic E-state index is 13.2. The normalized spacial score (nSPS) is 18.5. The van der Waals surface area contributed by atoms with Gasteiger partial charge in [-0.05, 0) is 37.1 Å². The summed E-state index contributed by atoms with van der Waals surface area (Å²) in [4.78, 5) is 25.7. The maximum Gasteiger partial charge on any atom is 0.254 e. The summed E-state index contributed by atoms with van der Waals surface area (Å²) >= 11 is 0. The quantitative estimate of drug-likeness (QED) is 0.781. The number of nitrogens with zero attached hydrogens (tertiary/aromatic N) is 1. The van der Waals surface area contributed by atoms with Crippen molar-refractivity contribution in [1.82, 2.24) is 4.90 Å². The fourth-order valence-electron chi connectivity index (χ4n) is 2.15. The molecule has 1 heterocycles. The van der Waals surface area contributed by atoms with Crippen LogP contribution in [0.2, 0.25) is 0 Å². The molecule has 1 amide bonds.